The Bertz CT molecular complexity index is 928. The van der Waals surface area contributed by atoms with Crippen molar-refractivity contribution >= 4 is 29.1 Å². The summed E-state index contributed by atoms with van der Waals surface area (Å²) in [6.07, 6.45) is 3.60. The van der Waals surface area contributed by atoms with E-state index < -0.39 is 0 Å². The van der Waals surface area contributed by atoms with E-state index in [-0.39, 0.29) is 11.8 Å². The van der Waals surface area contributed by atoms with Crippen LogP contribution in [0.5, 0.6) is 0 Å². The fourth-order valence-corrected chi connectivity index (χ4v) is 2.62. The molecule has 0 fully saturated rings. The van der Waals surface area contributed by atoms with Gasteiger partial charge in [-0.2, -0.15) is 0 Å². The molecule has 0 spiro atoms. The number of hydrogen-bond donors (Lipinski definition) is 2. The molecule has 0 aliphatic heterocycles. The summed E-state index contributed by atoms with van der Waals surface area (Å²) >= 11 is 5.83. The SMILES string of the molecule is O=C(NCCc1ccccc1)c1cncc(C(=O)Nc2ccc(Cl)cc2)c1. The maximum absolute atomic E-state index is 12.4. The molecule has 0 atom stereocenters. The van der Waals surface area contributed by atoms with Crippen LogP contribution in [0, 0.1) is 0 Å². The molecule has 5 nitrogen and oxygen atoms in total. The number of pyridine rings is 1. The van der Waals surface area contributed by atoms with Crippen molar-refractivity contribution in [2.45, 2.75) is 6.42 Å². The lowest BCUT2D eigenvalue weighted by molar-refractivity contribution is 0.0953. The molecule has 2 amide bonds. The van der Waals surface area contributed by atoms with Crippen molar-refractivity contribution in [1.82, 2.24) is 10.3 Å². The Hall–Kier alpha value is -3.18. The molecule has 0 saturated carbocycles. The zero-order valence-corrected chi connectivity index (χ0v) is 15.2. The van der Waals surface area contributed by atoms with E-state index >= 15 is 0 Å². The Labute approximate surface area is 162 Å². The first-order valence-electron chi connectivity index (χ1n) is 8.46. The molecule has 6 heteroatoms. The summed E-state index contributed by atoms with van der Waals surface area (Å²) in [4.78, 5) is 28.7. The standard InChI is InChI=1S/C21H18ClN3O2/c22-18-6-8-19(9-7-18)25-21(27)17-12-16(13-23-14-17)20(26)24-11-10-15-4-2-1-3-5-15/h1-9,12-14H,10-11H2,(H,24,26)(H,25,27). The van der Waals surface area contributed by atoms with Crippen LogP contribution in [0.25, 0.3) is 0 Å². The van der Waals surface area contributed by atoms with Crippen LogP contribution >= 0.6 is 11.6 Å². The lowest BCUT2D eigenvalue weighted by atomic mass is 10.1. The van der Waals surface area contributed by atoms with Gasteiger partial charge in [0.1, 0.15) is 0 Å². The van der Waals surface area contributed by atoms with Gasteiger partial charge in [0.05, 0.1) is 11.1 Å². The van der Waals surface area contributed by atoms with Crippen LogP contribution in [0.1, 0.15) is 26.3 Å². The van der Waals surface area contributed by atoms with Crippen LogP contribution < -0.4 is 10.6 Å². The van der Waals surface area contributed by atoms with Gasteiger partial charge in [-0.1, -0.05) is 41.9 Å². The van der Waals surface area contributed by atoms with Crippen LogP contribution in [-0.4, -0.2) is 23.3 Å². The van der Waals surface area contributed by atoms with E-state index in [4.69, 9.17) is 11.6 Å². The molecule has 2 N–H and O–H groups in total. The first-order valence-corrected chi connectivity index (χ1v) is 8.84. The first-order chi connectivity index (χ1) is 13.1. The average Bonchev–Trinajstić information content (AvgIpc) is 2.70. The monoisotopic (exact) mass is 379 g/mol. The molecule has 1 heterocycles. The number of anilines is 1. The summed E-state index contributed by atoms with van der Waals surface area (Å²) in [5, 5.41) is 6.18. The van der Waals surface area contributed by atoms with Gasteiger partial charge in [0.2, 0.25) is 0 Å². The van der Waals surface area contributed by atoms with E-state index in [9.17, 15) is 9.59 Å². The average molecular weight is 380 g/mol. The molecule has 0 aliphatic carbocycles. The maximum atomic E-state index is 12.4. The van der Waals surface area contributed by atoms with Crippen molar-refractivity contribution in [2.75, 3.05) is 11.9 Å². The Morgan fingerprint density at radius 1 is 0.889 bits per heavy atom. The summed E-state index contributed by atoms with van der Waals surface area (Å²) < 4.78 is 0. The van der Waals surface area contributed by atoms with Gasteiger partial charge in [0, 0.05) is 29.6 Å². The quantitative estimate of drug-likeness (QED) is 0.681. The van der Waals surface area contributed by atoms with Crippen LogP contribution in [-0.2, 0) is 6.42 Å². The Morgan fingerprint density at radius 2 is 1.56 bits per heavy atom. The molecular weight excluding hydrogens is 362 g/mol. The fourth-order valence-electron chi connectivity index (χ4n) is 2.49. The Morgan fingerprint density at radius 3 is 2.26 bits per heavy atom. The lowest BCUT2D eigenvalue weighted by Crippen LogP contribution is -2.26. The Kier molecular flexibility index (Phi) is 6.18. The molecule has 0 bridgehead atoms. The van der Waals surface area contributed by atoms with E-state index in [2.05, 4.69) is 15.6 Å². The number of carbonyl (C=O) groups is 2. The summed E-state index contributed by atoms with van der Waals surface area (Å²) in [5.74, 6) is -0.608. The van der Waals surface area contributed by atoms with Crippen molar-refractivity contribution in [1.29, 1.82) is 0 Å². The van der Waals surface area contributed by atoms with E-state index in [0.29, 0.717) is 28.4 Å². The van der Waals surface area contributed by atoms with Crippen LogP contribution in [0.15, 0.2) is 73.1 Å². The summed E-state index contributed by atoms with van der Waals surface area (Å²) in [5.41, 5.74) is 2.40. The predicted molar refractivity (Wildman–Crippen MR) is 106 cm³/mol. The summed E-state index contributed by atoms with van der Waals surface area (Å²) in [6.45, 7) is 0.504. The number of hydrogen-bond acceptors (Lipinski definition) is 3. The van der Waals surface area contributed by atoms with Crippen molar-refractivity contribution in [2.24, 2.45) is 0 Å². The molecule has 136 valence electrons. The highest BCUT2D eigenvalue weighted by Crippen LogP contribution is 2.14. The van der Waals surface area contributed by atoms with Crippen LogP contribution in [0.3, 0.4) is 0 Å². The third kappa shape index (κ3) is 5.39. The molecule has 0 saturated heterocycles. The molecular formula is C21H18ClN3O2. The largest absolute Gasteiger partial charge is 0.352 e. The third-order valence-electron chi connectivity index (χ3n) is 3.91. The first kappa shape index (κ1) is 18.6. The molecule has 3 aromatic rings. The minimum Gasteiger partial charge on any atom is -0.352 e. The van der Waals surface area contributed by atoms with Gasteiger partial charge >= 0.3 is 0 Å². The lowest BCUT2D eigenvalue weighted by Gasteiger charge is -2.08. The number of halogens is 1. The highest BCUT2D eigenvalue weighted by molar-refractivity contribution is 6.30. The zero-order valence-electron chi connectivity index (χ0n) is 14.5. The number of rotatable bonds is 6. The number of benzene rings is 2. The van der Waals surface area contributed by atoms with Crippen LogP contribution in [0.2, 0.25) is 5.02 Å². The molecule has 1 aromatic heterocycles. The topological polar surface area (TPSA) is 71.1 Å². The molecule has 27 heavy (non-hydrogen) atoms. The number of nitrogens with zero attached hydrogens (tertiary/aromatic N) is 1. The molecule has 0 unspecified atom stereocenters. The van der Waals surface area contributed by atoms with Gasteiger partial charge in [0.25, 0.3) is 11.8 Å². The normalized spacial score (nSPS) is 10.3. The highest BCUT2D eigenvalue weighted by atomic mass is 35.5. The zero-order chi connectivity index (χ0) is 19.1. The van der Waals surface area contributed by atoms with E-state index in [1.807, 2.05) is 30.3 Å². The van der Waals surface area contributed by atoms with Gasteiger partial charge in [0.15, 0.2) is 0 Å². The van der Waals surface area contributed by atoms with Crippen molar-refractivity contribution in [3.05, 3.63) is 94.8 Å². The summed E-state index contributed by atoms with van der Waals surface area (Å²) in [6, 6.07) is 18.2. The van der Waals surface area contributed by atoms with E-state index in [1.54, 1.807) is 24.3 Å². The molecule has 2 aromatic carbocycles. The fraction of sp³-hybridized carbons (Fsp3) is 0.0952. The predicted octanol–water partition coefficient (Wildman–Crippen LogP) is 3.96. The molecule has 3 rings (SSSR count). The smallest absolute Gasteiger partial charge is 0.257 e. The van der Waals surface area contributed by atoms with Gasteiger partial charge in [-0.3, -0.25) is 14.6 Å². The van der Waals surface area contributed by atoms with Crippen molar-refractivity contribution < 1.29 is 9.59 Å². The Balaban J connectivity index is 1.59. The van der Waals surface area contributed by atoms with Gasteiger partial charge < -0.3 is 10.6 Å². The van der Waals surface area contributed by atoms with Gasteiger partial charge in [-0.15, -0.1) is 0 Å². The van der Waals surface area contributed by atoms with E-state index in [0.717, 1.165) is 12.0 Å². The second-order valence-corrected chi connectivity index (χ2v) is 6.35. The second-order valence-electron chi connectivity index (χ2n) is 5.91. The van der Waals surface area contributed by atoms with Gasteiger partial charge in [-0.05, 0) is 42.3 Å². The highest BCUT2D eigenvalue weighted by Gasteiger charge is 2.11. The minimum atomic E-state index is -0.344. The van der Waals surface area contributed by atoms with Gasteiger partial charge in [-0.25, -0.2) is 0 Å². The number of carbonyl (C=O) groups excluding carboxylic acids is 2. The van der Waals surface area contributed by atoms with Crippen molar-refractivity contribution in [3.63, 3.8) is 0 Å². The van der Waals surface area contributed by atoms with Crippen molar-refractivity contribution in [3.8, 4) is 0 Å². The third-order valence-corrected chi connectivity index (χ3v) is 4.16. The molecule has 0 radical (unpaired) electrons. The number of nitrogens with one attached hydrogen (secondary N) is 2. The molecule has 0 aliphatic rings. The van der Waals surface area contributed by atoms with E-state index in [1.165, 1.54) is 18.5 Å². The van der Waals surface area contributed by atoms with Crippen LogP contribution in [0.4, 0.5) is 5.69 Å². The number of amides is 2. The maximum Gasteiger partial charge on any atom is 0.257 e. The summed E-state index contributed by atoms with van der Waals surface area (Å²) in [7, 11) is 0. The minimum absolute atomic E-state index is 0.264. The second kappa shape index (κ2) is 8.96. The number of aromatic nitrogens is 1.